The van der Waals surface area contributed by atoms with Gasteiger partial charge in [0.05, 0.1) is 6.04 Å². The van der Waals surface area contributed by atoms with E-state index in [0.29, 0.717) is 24.9 Å². The van der Waals surface area contributed by atoms with Gasteiger partial charge >= 0.3 is 0 Å². The van der Waals surface area contributed by atoms with E-state index in [9.17, 15) is 9.59 Å². The molecule has 5 nitrogen and oxygen atoms in total. The fraction of sp³-hybridized carbons (Fsp3) is 0.619. The highest BCUT2D eigenvalue weighted by Gasteiger charge is 2.33. The summed E-state index contributed by atoms with van der Waals surface area (Å²) in [5, 5.41) is 0. The standard InChI is InChI=1S/C21H31N3O2/c1-16-13-17(2)15-24(14-16)20(25)18(3)22-9-11-23(12-10-22)21(26)19-7-5-4-6-8-19/h4-8,16-18H,9-15H2,1-3H3. The predicted molar refractivity (Wildman–Crippen MR) is 103 cm³/mol. The fourth-order valence-electron chi connectivity index (χ4n) is 4.34. The third kappa shape index (κ3) is 4.26. The minimum Gasteiger partial charge on any atom is -0.341 e. The highest BCUT2D eigenvalue weighted by Crippen LogP contribution is 2.22. The number of amides is 2. The van der Waals surface area contributed by atoms with E-state index >= 15 is 0 Å². The van der Waals surface area contributed by atoms with Gasteiger partial charge in [-0.15, -0.1) is 0 Å². The average Bonchev–Trinajstić information content (AvgIpc) is 2.66. The number of hydrogen-bond donors (Lipinski definition) is 0. The Hall–Kier alpha value is -1.88. The van der Waals surface area contributed by atoms with E-state index in [-0.39, 0.29) is 17.9 Å². The van der Waals surface area contributed by atoms with Crippen molar-refractivity contribution in [2.75, 3.05) is 39.3 Å². The van der Waals surface area contributed by atoms with Gasteiger partial charge in [0.15, 0.2) is 0 Å². The lowest BCUT2D eigenvalue weighted by molar-refractivity contribution is -0.139. The van der Waals surface area contributed by atoms with Crippen molar-refractivity contribution in [3.63, 3.8) is 0 Å². The molecule has 3 rings (SSSR count). The van der Waals surface area contributed by atoms with Crippen LogP contribution in [-0.2, 0) is 4.79 Å². The third-order valence-electron chi connectivity index (χ3n) is 5.71. The second kappa shape index (κ2) is 8.21. The zero-order valence-corrected chi connectivity index (χ0v) is 16.2. The Balaban J connectivity index is 1.54. The second-order valence-corrected chi connectivity index (χ2v) is 8.06. The largest absolute Gasteiger partial charge is 0.341 e. The smallest absolute Gasteiger partial charge is 0.253 e. The monoisotopic (exact) mass is 357 g/mol. The highest BCUT2D eigenvalue weighted by atomic mass is 16.2. The molecule has 0 aliphatic carbocycles. The molecule has 2 heterocycles. The number of hydrogen-bond acceptors (Lipinski definition) is 3. The number of benzene rings is 1. The first-order valence-electron chi connectivity index (χ1n) is 9.83. The van der Waals surface area contributed by atoms with Crippen molar-refractivity contribution in [3.05, 3.63) is 35.9 Å². The molecule has 0 bridgehead atoms. The lowest BCUT2D eigenvalue weighted by Gasteiger charge is -2.41. The van der Waals surface area contributed by atoms with Crippen molar-refractivity contribution in [2.45, 2.75) is 33.2 Å². The van der Waals surface area contributed by atoms with Gasteiger partial charge in [0.1, 0.15) is 0 Å². The molecule has 2 saturated heterocycles. The van der Waals surface area contributed by atoms with Gasteiger partial charge in [-0.05, 0) is 37.3 Å². The van der Waals surface area contributed by atoms with Crippen LogP contribution in [0.3, 0.4) is 0 Å². The molecule has 1 aromatic rings. The Kier molecular flexibility index (Phi) is 5.97. The first-order chi connectivity index (χ1) is 12.5. The van der Waals surface area contributed by atoms with Crippen LogP contribution in [0.1, 0.15) is 37.6 Å². The van der Waals surface area contributed by atoms with E-state index in [0.717, 1.165) is 31.7 Å². The Labute approximate surface area is 156 Å². The molecule has 3 atom stereocenters. The van der Waals surface area contributed by atoms with E-state index in [1.54, 1.807) is 0 Å². The zero-order chi connectivity index (χ0) is 18.7. The zero-order valence-electron chi connectivity index (χ0n) is 16.2. The molecule has 1 aromatic carbocycles. The topological polar surface area (TPSA) is 43.9 Å². The summed E-state index contributed by atoms with van der Waals surface area (Å²) in [6.07, 6.45) is 1.21. The maximum Gasteiger partial charge on any atom is 0.253 e. The minimum atomic E-state index is -0.110. The van der Waals surface area contributed by atoms with Crippen LogP contribution in [0.4, 0.5) is 0 Å². The molecule has 2 aliphatic rings. The first kappa shape index (κ1) is 18.9. The molecule has 0 N–H and O–H groups in total. The van der Waals surface area contributed by atoms with Gasteiger partial charge in [-0.25, -0.2) is 0 Å². The summed E-state index contributed by atoms with van der Waals surface area (Å²) >= 11 is 0. The number of piperazine rings is 1. The minimum absolute atomic E-state index is 0.0860. The summed E-state index contributed by atoms with van der Waals surface area (Å²) in [7, 11) is 0. The number of carbonyl (C=O) groups is 2. The molecule has 0 saturated carbocycles. The van der Waals surface area contributed by atoms with Crippen LogP contribution in [-0.4, -0.2) is 71.8 Å². The Bertz CT molecular complexity index is 615. The molecule has 0 spiro atoms. The average molecular weight is 357 g/mol. The van der Waals surface area contributed by atoms with Crippen molar-refractivity contribution in [3.8, 4) is 0 Å². The molecule has 2 amide bonds. The number of rotatable bonds is 3. The summed E-state index contributed by atoms with van der Waals surface area (Å²) in [6, 6.07) is 9.32. The van der Waals surface area contributed by atoms with Crippen LogP contribution in [0.5, 0.6) is 0 Å². The van der Waals surface area contributed by atoms with Crippen LogP contribution in [0.15, 0.2) is 30.3 Å². The van der Waals surface area contributed by atoms with Gasteiger partial charge in [0, 0.05) is 44.8 Å². The molecule has 2 fully saturated rings. The van der Waals surface area contributed by atoms with Gasteiger partial charge in [-0.3, -0.25) is 14.5 Å². The van der Waals surface area contributed by atoms with Gasteiger partial charge in [0.2, 0.25) is 5.91 Å². The normalized spacial score (nSPS) is 25.8. The quantitative estimate of drug-likeness (QED) is 0.834. The number of nitrogens with zero attached hydrogens (tertiary/aromatic N) is 3. The second-order valence-electron chi connectivity index (χ2n) is 8.06. The number of piperidine rings is 1. The Morgan fingerprint density at radius 2 is 1.50 bits per heavy atom. The summed E-state index contributed by atoms with van der Waals surface area (Å²) < 4.78 is 0. The molecule has 26 heavy (non-hydrogen) atoms. The summed E-state index contributed by atoms with van der Waals surface area (Å²) in [4.78, 5) is 31.7. The number of carbonyl (C=O) groups excluding carboxylic acids is 2. The van der Waals surface area contributed by atoms with E-state index in [4.69, 9.17) is 0 Å². The summed E-state index contributed by atoms with van der Waals surface area (Å²) in [6.45, 7) is 11.1. The molecular weight excluding hydrogens is 326 g/mol. The third-order valence-corrected chi connectivity index (χ3v) is 5.71. The number of likely N-dealkylation sites (tertiary alicyclic amines) is 1. The molecule has 5 heteroatoms. The van der Waals surface area contributed by atoms with Crippen LogP contribution < -0.4 is 0 Å². The van der Waals surface area contributed by atoms with Crippen LogP contribution >= 0.6 is 0 Å². The summed E-state index contributed by atoms with van der Waals surface area (Å²) in [5.74, 6) is 1.49. The Morgan fingerprint density at radius 3 is 2.08 bits per heavy atom. The molecule has 0 aromatic heterocycles. The molecule has 2 aliphatic heterocycles. The van der Waals surface area contributed by atoms with Crippen molar-refractivity contribution >= 4 is 11.8 Å². The van der Waals surface area contributed by atoms with Gasteiger partial charge < -0.3 is 9.80 Å². The molecule has 0 radical (unpaired) electrons. The van der Waals surface area contributed by atoms with Gasteiger partial charge in [0.25, 0.3) is 5.91 Å². The van der Waals surface area contributed by atoms with Crippen LogP contribution in [0, 0.1) is 11.8 Å². The van der Waals surface area contributed by atoms with Crippen molar-refractivity contribution in [2.24, 2.45) is 11.8 Å². The predicted octanol–water partition coefficient (Wildman–Crippen LogP) is 2.34. The molecule has 142 valence electrons. The van der Waals surface area contributed by atoms with Crippen LogP contribution in [0.2, 0.25) is 0 Å². The van der Waals surface area contributed by atoms with Crippen molar-refractivity contribution in [1.29, 1.82) is 0 Å². The van der Waals surface area contributed by atoms with Gasteiger partial charge in [-0.2, -0.15) is 0 Å². The lowest BCUT2D eigenvalue weighted by atomic mass is 9.91. The molecule has 3 unspecified atom stereocenters. The highest BCUT2D eigenvalue weighted by molar-refractivity contribution is 5.94. The van der Waals surface area contributed by atoms with Crippen LogP contribution in [0.25, 0.3) is 0 Å². The van der Waals surface area contributed by atoms with E-state index in [1.807, 2.05) is 47.1 Å². The maximum absolute atomic E-state index is 12.9. The molecular formula is C21H31N3O2. The first-order valence-corrected chi connectivity index (χ1v) is 9.83. The van der Waals surface area contributed by atoms with E-state index in [1.165, 1.54) is 6.42 Å². The van der Waals surface area contributed by atoms with E-state index < -0.39 is 0 Å². The Morgan fingerprint density at radius 1 is 0.923 bits per heavy atom. The van der Waals surface area contributed by atoms with Gasteiger partial charge in [-0.1, -0.05) is 32.0 Å². The SMILES string of the molecule is CC1CC(C)CN(C(=O)C(C)N2CCN(C(=O)c3ccccc3)CC2)C1. The maximum atomic E-state index is 12.9. The lowest BCUT2D eigenvalue weighted by Crippen LogP contribution is -2.56. The van der Waals surface area contributed by atoms with E-state index in [2.05, 4.69) is 18.7 Å². The fourth-order valence-corrected chi connectivity index (χ4v) is 4.34. The van der Waals surface area contributed by atoms with Crippen molar-refractivity contribution < 1.29 is 9.59 Å². The summed E-state index contributed by atoms with van der Waals surface area (Å²) in [5.41, 5.74) is 0.737. The van der Waals surface area contributed by atoms with Crippen molar-refractivity contribution in [1.82, 2.24) is 14.7 Å².